The first-order valence-electron chi connectivity index (χ1n) is 8.97. The summed E-state index contributed by atoms with van der Waals surface area (Å²) in [5.74, 6) is 1.01. The van der Waals surface area contributed by atoms with Crippen molar-refractivity contribution >= 4 is 33.5 Å². The zero-order chi connectivity index (χ0) is 20.2. The third-order valence-corrected chi connectivity index (χ3v) is 5.81. The summed E-state index contributed by atoms with van der Waals surface area (Å²) in [4.78, 5) is 16.9. The number of carbonyl (C=O) groups excluding carboxylic acids is 1. The van der Waals surface area contributed by atoms with Crippen molar-refractivity contribution in [3.05, 3.63) is 88.7 Å². The Morgan fingerprint density at radius 2 is 1.93 bits per heavy atom. The fraction of sp³-hybridized carbons (Fsp3) is 0.0909. The van der Waals surface area contributed by atoms with E-state index in [2.05, 4.69) is 31.1 Å². The van der Waals surface area contributed by atoms with Crippen LogP contribution in [-0.2, 0) is 0 Å². The van der Waals surface area contributed by atoms with Crippen molar-refractivity contribution in [1.82, 2.24) is 19.7 Å². The van der Waals surface area contributed by atoms with E-state index in [1.54, 1.807) is 12.4 Å². The molecule has 4 aromatic rings. The van der Waals surface area contributed by atoms with Crippen molar-refractivity contribution in [2.75, 3.05) is 5.75 Å². The highest BCUT2D eigenvalue weighted by atomic mass is 79.9. The van der Waals surface area contributed by atoms with Gasteiger partial charge in [-0.05, 0) is 42.8 Å². The Morgan fingerprint density at radius 3 is 2.69 bits per heavy atom. The van der Waals surface area contributed by atoms with Crippen molar-refractivity contribution in [3.63, 3.8) is 0 Å². The molecule has 5 nitrogen and oxygen atoms in total. The summed E-state index contributed by atoms with van der Waals surface area (Å²) >= 11 is 4.79. The van der Waals surface area contributed by atoms with Gasteiger partial charge in [0, 0.05) is 28.0 Å². The van der Waals surface area contributed by atoms with E-state index in [-0.39, 0.29) is 11.5 Å². The van der Waals surface area contributed by atoms with Crippen LogP contribution in [0, 0.1) is 6.92 Å². The minimum absolute atomic E-state index is 0.0403. The molecule has 0 N–H and O–H groups in total. The Labute approximate surface area is 181 Å². The highest BCUT2D eigenvalue weighted by molar-refractivity contribution is 9.10. The molecule has 2 aromatic heterocycles. The van der Waals surface area contributed by atoms with E-state index in [1.807, 2.05) is 72.2 Å². The normalized spacial score (nSPS) is 10.8. The molecule has 7 heteroatoms. The highest BCUT2D eigenvalue weighted by Crippen LogP contribution is 2.29. The van der Waals surface area contributed by atoms with Gasteiger partial charge in [0.25, 0.3) is 0 Å². The number of thioether (sulfide) groups is 1. The Morgan fingerprint density at radius 1 is 1.07 bits per heavy atom. The number of para-hydroxylation sites is 1. The van der Waals surface area contributed by atoms with E-state index < -0.39 is 0 Å². The van der Waals surface area contributed by atoms with Crippen LogP contribution in [0.4, 0.5) is 0 Å². The van der Waals surface area contributed by atoms with E-state index in [9.17, 15) is 4.79 Å². The Bertz CT molecular complexity index is 1160. The van der Waals surface area contributed by atoms with Crippen molar-refractivity contribution in [2.45, 2.75) is 12.1 Å². The van der Waals surface area contributed by atoms with Gasteiger partial charge in [-0.15, -0.1) is 10.2 Å². The summed E-state index contributed by atoms with van der Waals surface area (Å²) in [6, 6.07) is 19.3. The first-order valence-corrected chi connectivity index (χ1v) is 10.7. The van der Waals surface area contributed by atoms with Gasteiger partial charge in [0.15, 0.2) is 16.8 Å². The molecule has 0 aliphatic heterocycles. The lowest BCUT2D eigenvalue weighted by Gasteiger charge is -2.12. The van der Waals surface area contributed by atoms with Crippen LogP contribution in [0.15, 0.2) is 82.7 Å². The van der Waals surface area contributed by atoms with Crippen LogP contribution >= 0.6 is 27.7 Å². The lowest BCUT2D eigenvalue weighted by molar-refractivity contribution is 0.102. The van der Waals surface area contributed by atoms with Crippen LogP contribution in [0.5, 0.6) is 0 Å². The number of carbonyl (C=O) groups is 1. The van der Waals surface area contributed by atoms with Gasteiger partial charge in [-0.3, -0.25) is 14.3 Å². The van der Waals surface area contributed by atoms with E-state index in [0.717, 1.165) is 21.3 Å². The summed E-state index contributed by atoms with van der Waals surface area (Å²) < 4.78 is 2.88. The van der Waals surface area contributed by atoms with Gasteiger partial charge < -0.3 is 0 Å². The number of hydrogen-bond acceptors (Lipinski definition) is 5. The van der Waals surface area contributed by atoms with E-state index >= 15 is 0 Å². The Kier molecular flexibility index (Phi) is 5.87. The van der Waals surface area contributed by atoms with E-state index in [0.29, 0.717) is 16.5 Å². The number of pyridine rings is 1. The molecule has 0 unspecified atom stereocenters. The molecule has 0 bridgehead atoms. The van der Waals surface area contributed by atoms with Crippen LogP contribution in [0.25, 0.3) is 17.1 Å². The highest BCUT2D eigenvalue weighted by Gasteiger charge is 2.19. The van der Waals surface area contributed by atoms with Crippen LogP contribution < -0.4 is 0 Å². The topological polar surface area (TPSA) is 60.7 Å². The minimum atomic E-state index is 0.0403. The molecular weight excluding hydrogens is 448 g/mol. The zero-order valence-electron chi connectivity index (χ0n) is 15.6. The van der Waals surface area contributed by atoms with Crippen LogP contribution in [-0.4, -0.2) is 31.3 Å². The maximum atomic E-state index is 12.7. The molecule has 0 aliphatic rings. The standard InChI is InChI=1S/C22H17BrN4OS/c1-15-6-2-3-10-19(15)27-21(17-8-5-11-24-13-17)25-26-22(27)29-14-20(28)16-7-4-9-18(23)12-16/h2-13H,14H2,1H3. The van der Waals surface area contributed by atoms with Gasteiger partial charge in [-0.1, -0.05) is 58.0 Å². The predicted octanol–water partition coefficient (Wildman–Crippen LogP) is 5.38. The number of halogens is 1. The number of benzene rings is 2. The quantitative estimate of drug-likeness (QED) is 0.283. The fourth-order valence-corrected chi connectivity index (χ4v) is 4.19. The number of Topliss-reactive ketones (excluding diaryl/α,β-unsaturated/α-hetero) is 1. The number of hydrogen-bond donors (Lipinski definition) is 0. The van der Waals surface area contributed by atoms with Crippen LogP contribution in [0.1, 0.15) is 15.9 Å². The second-order valence-electron chi connectivity index (χ2n) is 6.39. The molecule has 0 aliphatic carbocycles. The fourth-order valence-electron chi connectivity index (χ4n) is 2.95. The van der Waals surface area contributed by atoms with Gasteiger partial charge >= 0.3 is 0 Å². The third-order valence-electron chi connectivity index (χ3n) is 4.39. The monoisotopic (exact) mass is 464 g/mol. The summed E-state index contributed by atoms with van der Waals surface area (Å²) in [6.07, 6.45) is 3.49. The number of nitrogens with zero attached hydrogens (tertiary/aromatic N) is 4. The third kappa shape index (κ3) is 4.31. The zero-order valence-corrected chi connectivity index (χ0v) is 18.0. The SMILES string of the molecule is Cc1ccccc1-n1c(SCC(=O)c2cccc(Br)c2)nnc1-c1cccnc1. The molecule has 0 spiro atoms. The average Bonchev–Trinajstić information content (AvgIpc) is 3.16. The summed E-state index contributed by atoms with van der Waals surface area (Å²) in [5, 5.41) is 9.45. The summed E-state index contributed by atoms with van der Waals surface area (Å²) in [6.45, 7) is 2.05. The Balaban J connectivity index is 1.69. The summed E-state index contributed by atoms with van der Waals surface area (Å²) in [7, 11) is 0. The number of aromatic nitrogens is 4. The Hall–Kier alpha value is -2.77. The predicted molar refractivity (Wildman–Crippen MR) is 119 cm³/mol. The van der Waals surface area contributed by atoms with Gasteiger partial charge in [0.05, 0.1) is 11.4 Å². The lowest BCUT2D eigenvalue weighted by Crippen LogP contribution is -2.06. The average molecular weight is 465 g/mol. The molecule has 2 heterocycles. The van der Waals surface area contributed by atoms with Crippen molar-refractivity contribution in [2.24, 2.45) is 0 Å². The van der Waals surface area contributed by atoms with Gasteiger partial charge in [0.2, 0.25) is 0 Å². The van der Waals surface area contributed by atoms with Gasteiger partial charge in [-0.25, -0.2) is 0 Å². The smallest absolute Gasteiger partial charge is 0.196 e. The van der Waals surface area contributed by atoms with Crippen molar-refractivity contribution in [3.8, 4) is 17.1 Å². The molecule has 0 saturated carbocycles. The van der Waals surface area contributed by atoms with Crippen molar-refractivity contribution < 1.29 is 4.79 Å². The van der Waals surface area contributed by atoms with Gasteiger partial charge in [-0.2, -0.15) is 0 Å². The molecule has 0 amide bonds. The molecule has 4 rings (SSSR count). The lowest BCUT2D eigenvalue weighted by atomic mass is 10.2. The van der Waals surface area contributed by atoms with E-state index in [1.165, 1.54) is 11.8 Å². The molecule has 2 aromatic carbocycles. The van der Waals surface area contributed by atoms with Crippen LogP contribution in [0.2, 0.25) is 0 Å². The second-order valence-corrected chi connectivity index (χ2v) is 8.25. The summed E-state index contributed by atoms with van der Waals surface area (Å²) in [5.41, 5.74) is 3.61. The van der Waals surface area contributed by atoms with Crippen LogP contribution in [0.3, 0.4) is 0 Å². The molecular formula is C22H17BrN4OS. The first kappa shape index (κ1) is 19.5. The number of ketones is 1. The molecule has 29 heavy (non-hydrogen) atoms. The molecule has 0 fully saturated rings. The maximum Gasteiger partial charge on any atom is 0.196 e. The number of rotatable bonds is 6. The van der Waals surface area contributed by atoms with E-state index in [4.69, 9.17) is 0 Å². The molecule has 0 radical (unpaired) electrons. The van der Waals surface area contributed by atoms with Gasteiger partial charge in [0.1, 0.15) is 0 Å². The molecule has 0 atom stereocenters. The molecule has 0 saturated heterocycles. The number of aryl methyl sites for hydroxylation is 1. The molecule has 144 valence electrons. The van der Waals surface area contributed by atoms with Crippen molar-refractivity contribution in [1.29, 1.82) is 0 Å². The maximum absolute atomic E-state index is 12.7. The second kappa shape index (κ2) is 8.71. The first-order chi connectivity index (χ1) is 14.1. The minimum Gasteiger partial charge on any atom is -0.293 e. The largest absolute Gasteiger partial charge is 0.293 e.